The molecule has 0 aliphatic heterocycles. The second kappa shape index (κ2) is 6.05. The molecule has 0 aliphatic rings. The van der Waals surface area contributed by atoms with Gasteiger partial charge in [-0.15, -0.1) is 10.2 Å². The van der Waals surface area contributed by atoms with Gasteiger partial charge in [-0.25, -0.2) is 0 Å². The Morgan fingerprint density at radius 3 is 2.45 bits per heavy atom. The fraction of sp³-hybridized carbons (Fsp3) is 0.154. The van der Waals surface area contributed by atoms with E-state index in [0.29, 0.717) is 23.1 Å². The molecule has 0 atom stereocenters. The highest BCUT2D eigenvalue weighted by atomic mass is 19.3. The van der Waals surface area contributed by atoms with Crippen LogP contribution in [0.4, 0.5) is 8.78 Å². The molecule has 0 unspecified atom stereocenters. The summed E-state index contributed by atoms with van der Waals surface area (Å²) in [5.41, 5.74) is 1.52. The smallest absolute Gasteiger partial charge is 0.388 e. The number of carbonyl (C=O) groups excluding carboxylic acids is 1. The zero-order valence-electron chi connectivity index (χ0n) is 10.4. The molecule has 1 aromatic carbocycles. The second-order valence-electron chi connectivity index (χ2n) is 3.72. The molecule has 20 heavy (non-hydrogen) atoms. The van der Waals surface area contributed by atoms with Crippen LogP contribution in [-0.4, -0.2) is 30.2 Å². The summed E-state index contributed by atoms with van der Waals surface area (Å²) in [7, 11) is 1.38. The predicted molar refractivity (Wildman–Crippen MR) is 66.0 cm³/mol. The van der Waals surface area contributed by atoms with E-state index in [1.54, 1.807) is 24.3 Å². The highest BCUT2D eigenvalue weighted by Crippen LogP contribution is 2.29. The molecule has 1 heterocycles. The van der Waals surface area contributed by atoms with Crippen LogP contribution >= 0.6 is 0 Å². The van der Waals surface area contributed by atoms with Crippen LogP contribution in [0.1, 0.15) is 10.4 Å². The molecule has 0 fully saturated rings. The first-order valence-corrected chi connectivity index (χ1v) is 5.56. The Labute approximate surface area is 113 Å². The number of nitrogens with zero attached hydrogens (tertiary/aromatic N) is 2. The van der Waals surface area contributed by atoms with Crippen LogP contribution in [0.15, 0.2) is 30.3 Å². The Hall–Kier alpha value is -2.57. The molecule has 0 aliphatic carbocycles. The number of halogens is 2. The zero-order chi connectivity index (χ0) is 14.5. The number of carbonyl (C=O) groups is 1. The van der Waals surface area contributed by atoms with Crippen molar-refractivity contribution in [2.24, 2.45) is 0 Å². The van der Waals surface area contributed by atoms with Gasteiger partial charge >= 0.3 is 6.61 Å². The van der Waals surface area contributed by atoms with E-state index in [4.69, 9.17) is 4.74 Å². The Kier molecular flexibility index (Phi) is 4.19. The van der Waals surface area contributed by atoms with Crippen LogP contribution in [0, 0.1) is 0 Å². The molecule has 2 aromatic rings. The summed E-state index contributed by atoms with van der Waals surface area (Å²) < 4.78 is 33.4. The third-order valence-corrected chi connectivity index (χ3v) is 2.49. The highest BCUT2D eigenvalue weighted by Gasteiger charge is 2.13. The maximum Gasteiger partial charge on any atom is 0.388 e. The van der Waals surface area contributed by atoms with Gasteiger partial charge in [0.05, 0.1) is 7.11 Å². The summed E-state index contributed by atoms with van der Waals surface area (Å²) in [6, 6.07) is 7.75. The third kappa shape index (κ3) is 3.05. The molecule has 0 N–H and O–H groups in total. The van der Waals surface area contributed by atoms with E-state index in [9.17, 15) is 13.6 Å². The van der Waals surface area contributed by atoms with E-state index in [1.165, 1.54) is 13.2 Å². The molecule has 0 amide bonds. The average molecular weight is 280 g/mol. The zero-order valence-corrected chi connectivity index (χ0v) is 10.4. The van der Waals surface area contributed by atoms with Gasteiger partial charge in [-0.2, -0.15) is 8.78 Å². The van der Waals surface area contributed by atoms with Crippen molar-refractivity contribution in [2.45, 2.75) is 6.61 Å². The number of ether oxygens (including phenoxy) is 2. The van der Waals surface area contributed by atoms with E-state index in [0.717, 1.165) is 0 Å². The van der Waals surface area contributed by atoms with Crippen LogP contribution in [0.3, 0.4) is 0 Å². The van der Waals surface area contributed by atoms with Gasteiger partial charge in [-0.3, -0.25) is 4.79 Å². The van der Waals surface area contributed by atoms with Crippen LogP contribution in [0.5, 0.6) is 11.6 Å². The summed E-state index contributed by atoms with van der Waals surface area (Å²) in [6.45, 7) is -2.98. The molecule has 7 heteroatoms. The third-order valence-electron chi connectivity index (χ3n) is 2.49. The summed E-state index contributed by atoms with van der Waals surface area (Å²) in [4.78, 5) is 10.6. The molecule has 0 spiro atoms. The van der Waals surface area contributed by atoms with Crippen molar-refractivity contribution in [3.63, 3.8) is 0 Å². The first-order valence-electron chi connectivity index (χ1n) is 5.56. The van der Waals surface area contributed by atoms with Crippen molar-refractivity contribution in [2.75, 3.05) is 7.11 Å². The van der Waals surface area contributed by atoms with Crippen molar-refractivity contribution in [3.8, 4) is 22.9 Å². The van der Waals surface area contributed by atoms with Gasteiger partial charge in [0.1, 0.15) is 12.0 Å². The standard InChI is InChI=1S/C13H10F2N2O3/c1-19-10-6-11(20-13(14)15)16-17-12(10)9-4-2-8(7-18)3-5-9/h2-7,13H,1H3. The van der Waals surface area contributed by atoms with Gasteiger partial charge in [0.25, 0.3) is 0 Å². The Morgan fingerprint density at radius 2 is 1.90 bits per heavy atom. The van der Waals surface area contributed by atoms with Gasteiger partial charge in [-0.1, -0.05) is 24.3 Å². The minimum atomic E-state index is -2.98. The first-order chi connectivity index (χ1) is 9.63. The fourth-order valence-electron chi connectivity index (χ4n) is 1.58. The largest absolute Gasteiger partial charge is 0.494 e. The summed E-state index contributed by atoms with van der Waals surface area (Å²) in [5, 5.41) is 7.35. The lowest BCUT2D eigenvalue weighted by Gasteiger charge is -2.09. The molecule has 0 saturated carbocycles. The molecule has 0 saturated heterocycles. The number of hydrogen-bond donors (Lipinski definition) is 0. The predicted octanol–water partition coefficient (Wildman–Crippen LogP) is 2.57. The molecule has 2 rings (SSSR count). The van der Waals surface area contributed by atoms with Crippen LogP contribution in [0.2, 0.25) is 0 Å². The van der Waals surface area contributed by atoms with Gasteiger partial charge in [0.15, 0.2) is 5.75 Å². The van der Waals surface area contributed by atoms with Crippen LogP contribution in [0.25, 0.3) is 11.3 Å². The quantitative estimate of drug-likeness (QED) is 0.788. The first kappa shape index (κ1) is 13.9. The molecular formula is C13H10F2N2O3. The minimum Gasteiger partial charge on any atom is -0.494 e. The number of alkyl halides is 2. The number of methoxy groups -OCH3 is 1. The minimum absolute atomic E-state index is 0.245. The topological polar surface area (TPSA) is 61.3 Å². The Balaban J connectivity index is 2.37. The number of aromatic nitrogens is 2. The molecule has 0 radical (unpaired) electrons. The van der Waals surface area contributed by atoms with Crippen molar-refractivity contribution in [3.05, 3.63) is 35.9 Å². The molecule has 5 nitrogen and oxygen atoms in total. The molecule has 1 aromatic heterocycles. The van der Waals surface area contributed by atoms with Gasteiger partial charge < -0.3 is 9.47 Å². The summed E-state index contributed by atoms with van der Waals surface area (Å²) in [6.07, 6.45) is 0.715. The monoisotopic (exact) mass is 280 g/mol. The fourth-order valence-corrected chi connectivity index (χ4v) is 1.58. The number of rotatable bonds is 5. The van der Waals surface area contributed by atoms with E-state index >= 15 is 0 Å². The lowest BCUT2D eigenvalue weighted by molar-refractivity contribution is -0.0535. The number of hydrogen-bond acceptors (Lipinski definition) is 5. The lowest BCUT2D eigenvalue weighted by Crippen LogP contribution is -2.05. The van der Waals surface area contributed by atoms with E-state index in [2.05, 4.69) is 14.9 Å². The van der Waals surface area contributed by atoms with Gasteiger partial charge in [0.2, 0.25) is 5.88 Å². The van der Waals surface area contributed by atoms with E-state index < -0.39 is 6.61 Å². The second-order valence-corrected chi connectivity index (χ2v) is 3.72. The van der Waals surface area contributed by atoms with Crippen molar-refractivity contribution < 1.29 is 23.0 Å². The SMILES string of the molecule is COc1cc(OC(F)F)nnc1-c1ccc(C=O)cc1. The van der Waals surface area contributed by atoms with Crippen LogP contribution < -0.4 is 9.47 Å². The maximum absolute atomic E-state index is 12.1. The van der Waals surface area contributed by atoms with Gasteiger partial charge in [0, 0.05) is 17.2 Å². The lowest BCUT2D eigenvalue weighted by atomic mass is 10.1. The highest BCUT2D eigenvalue weighted by molar-refractivity contribution is 5.77. The summed E-state index contributed by atoms with van der Waals surface area (Å²) in [5.74, 6) is -0.0837. The van der Waals surface area contributed by atoms with Crippen molar-refractivity contribution in [1.29, 1.82) is 0 Å². The summed E-state index contributed by atoms with van der Waals surface area (Å²) >= 11 is 0. The van der Waals surface area contributed by atoms with E-state index in [1.807, 2.05) is 0 Å². The number of aldehydes is 1. The van der Waals surface area contributed by atoms with Crippen LogP contribution in [-0.2, 0) is 0 Å². The Bertz CT molecular complexity index is 603. The molecular weight excluding hydrogens is 270 g/mol. The van der Waals surface area contributed by atoms with Crippen molar-refractivity contribution >= 4 is 6.29 Å². The van der Waals surface area contributed by atoms with E-state index in [-0.39, 0.29) is 11.6 Å². The molecule has 0 bridgehead atoms. The van der Waals surface area contributed by atoms with Gasteiger partial charge in [-0.05, 0) is 0 Å². The normalized spacial score (nSPS) is 10.4. The maximum atomic E-state index is 12.1. The Morgan fingerprint density at radius 1 is 1.20 bits per heavy atom. The number of benzene rings is 1. The molecule has 104 valence electrons. The van der Waals surface area contributed by atoms with Crippen molar-refractivity contribution in [1.82, 2.24) is 10.2 Å². The average Bonchev–Trinajstić information content (AvgIpc) is 2.46.